The Morgan fingerprint density at radius 3 is 0.568 bits per heavy atom. The van der Waals surface area contributed by atoms with Crippen LogP contribution in [0.5, 0.6) is 0 Å². The summed E-state index contributed by atoms with van der Waals surface area (Å²) in [6, 6.07) is 0. The molecule has 0 nitrogen and oxygen atoms in total. The van der Waals surface area contributed by atoms with Crippen molar-refractivity contribution in [3.63, 3.8) is 0 Å². The van der Waals surface area contributed by atoms with E-state index in [1.807, 2.05) is 0 Å². The lowest BCUT2D eigenvalue weighted by atomic mass is 9.70. The highest BCUT2D eigenvalue weighted by Crippen LogP contribution is 2.42. The molecule has 0 aliphatic rings. The van der Waals surface area contributed by atoms with Crippen LogP contribution in [0.1, 0.15) is 233 Å². The second kappa shape index (κ2) is 30.5. The van der Waals surface area contributed by atoms with Gasteiger partial charge in [0, 0.05) is 0 Å². The van der Waals surface area contributed by atoms with Crippen molar-refractivity contribution >= 4 is 0 Å². The van der Waals surface area contributed by atoms with Gasteiger partial charge >= 0.3 is 0 Å². The van der Waals surface area contributed by atoms with Crippen LogP contribution < -0.4 is 0 Å². The van der Waals surface area contributed by atoms with E-state index in [9.17, 15) is 0 Å². The minimum atomic E-state index is 0.680. The summed E-state index contributed by atoms with van der Waals surface area (Å²) in [5, 5.41) is 0. The molecular weight excluding hydrogens is 444 g/mol. The highest BCUT2D eigenvalue weighted by atomic mass is 14.3. The SMILES string of the molecule is CCCCCCCCCC(CCCCCCCCC)(CCCCCCCCC)CCCCCCCCC. The van der Waals surface area contributed by atoms with Gasteiger partial charge in [-0.3, -0.25) is 0 Å². The molecule has 0 rings (SSSR count). The average molecular weight is 521 g/mol. The third-order valence-electron chi connectivity index (χ3n) is 9.24. The Morgan fingerprint density at radius 1 is 0.216 bits per heavy atom. The fourth-order valence-corrected chi connectivity index (χ4v) is 6.58. The predicted octanol–water partition coefficient (Wildman–Crippen LogP) is 14.5. The van der Waals surface area contributed by atoms with E-state index >= 15 is 0 Å². The molecule has 0 aliphatic heterocycles. The molecule has 0 radical (unpaired) electrons. The van der Waals surface area contributed by atoms with Gasteiger partial charge in [-0.1, -0.05) is 207 Å². The standard InChI is InChI=1S/C37H76/c1-5-9-13-17-21-25-29-33-37(34-30-26-22-18-14-10-6-2,35-31-27-23-19-15-11-7-3)36-32-28-24-20-16-12-8-4/h5-36H2,1-4H3. The van der Waals surface area contributed by atoms with E-state index in [1.165, 1.54) is 180 Å². The molecule has 0 bridgehead atoms. The summed E-state index contributed by atoms with van der Waals surface area (Å²) in [4.78, 5) is 0. The maximum Gasteiger partial charge on any atom is -0.0297 e. The average Bonchev–Trinajstić information content (AvgIpc) is 2.91. The smallest absolute Gasteiger partial charge is 0.0297 e. The normalized spacial score (nSPS) is 12.0. The molecular formula is C37H76. The van der Waals surface area contributed by atoms with E-state index in [-0.39, 0.29) is 0 Å². The molecule has 0 aliphatic carbocycles. The van der Waals surface area contributed by atoms with Crippen LogP contribution in [0.25, 0.3) is 0 Å². The maximum absolute atomic E-state index is 2.34. The van der Waals surface area contributed by atoms with Crippen molar-refractivity contribution in [3.8, 4) is 0 Å². The van der Waals surface area contributed by atoms with Crippen molar-refractivity contribution in [2.75, 3.05) is 0 Å². The fourth-order valence-electron chi connectivity index (χ4n) is 6.58. The summed E-state index contributed by atoms with van der Waals surface area (Å²) in [6.07, 6.45) is 47.2. The Bertz CT molecular complexity index is 319. The molecule has 0 aromatic heterocycles. The number of rotatable bonds is 32. The Balaban J connectivity index is 4.78. The molecule has 0 aromatic rings. The first-order valence-electron chi connectivity index (χ1n) is 18.2. The van der Waals surface area contributed by atoms with Gasteiger partial charge in [-0.2, -0.15) is 0 Å². The van der Waals surface area contributed by atoms with E-state index in [1.54, 1.807) is 25.7 Å². The first-order valence-corrected chi connectivity index (χ1v) is 18.2. The van der Waals surface area contributed by atoms with Crippen LogP contribution in [0.15, 0.2) is 0 Å². The zero-order chi connectivity index (χ0) is 27.1. The van der Waals surface area contributed by atoms with Crippen LogP contribution in [-0.2, 0) is 0 Å². The van der Waals surface area contributed by atoms with Gasteiger partial charge < -0.3 is 0 Å². The number of hydrogen-bond acceptors (Lipinski definition) is 0. The summed E-state index contributed by atoms with van der Waals surface area (Å²) >= 11 is 0. The van der Waals surface area contributed by atoms with Crippen molar-refractivity contribution < 1.29 is 0 Å². The number of hydrogen-bond donors (Lipinski definition) is 0. The third-order valence-corrected chi connectivity index (χ3v) is 9.24. The maximum atomic E-state index is 2.34. The second-order valence-corrected chi connectivity index (χ2v) is 13.0. The zero-order valence-electron chi connectivity index (χ0n) is 27.1. The van der Waals surface area contributed by atoms with Crippen LogP contribution in [-0.4, -0.2) is 0 Å². The Morgan fingerprint density at radius 2 is 0.378 bits per heavy atom. The topological polar surface area (TPSA) is 0 Å². The van der Waals surface area contributed by atoms with Crippen molar-refractivity contribution in [1.29, 1.82) is 0 Å². The van der Waals surface area contributed by atoms with Gasteiger partial charge in [0.1, 0.15) is 0 Å². The molecule has 0 heteroatoms. The monoisotopic (exact) mass is 521 g/mol. The third kappa shape index (κ3) is 26.0. The summed E-state index contributed by atoms with van der Waals surface area (Å²) in [6.45, 7) is 9.36. The van der Waals surface area contributed by atoms with Crippen LogP contribution in [0.3, 0.4) is 0 Å². The lowest BCUT2D eigenvalue weighted by molar-refractivity contribution is 0.171. The van der Waals surface area contributed by atoms with Crippen LogP contribution in [0, 0.1) is 5.41 Å². The van der Waals surface area contributed by atoms with Gasteiger partial charge in [-0.15, -0.1) is 0 Å². The van der Waals surface area contributed by atoms with Crippen LogP contribution >= 0.6 is 0 Å². The van der Waals surface area contributed by atoms with E-state index in [4.69, 9.17) is 0 Å². The van der Waals surface area contributed by atoms with Gasteiger partial charge in [-0.05, 0) is 31.1 Å². The molecule has 0 spiro atoms. The van der Waals surface area contributed by atoms with Crippen molar-refractivity contribution in [2.45, 2.75) is 233 Å². The minimum absolute atomic E-state index is 0.680. The quantitative estimate of drug-likeness (QED) is 0.0773. The summed E-state index contributed by atoms with van der Waals surface area (Å²) in [5.41, 5.74) is 0.680. The van der Waals surface area contributed by atoms with Gasteiger partial charge in [0.2, 0.25) is 0 Å². The Hall–Kier alpha value is 0. The molecule has 0 aromatic carbocycles. The molecule has 0 saturated heterocycles. The van der Waals surface area contributed by atoms with E-state index in [2.05, 4.69) is 27.7 Å². The zero-order valence-corrected chi connectivity index (χ0v) is 27.1. The van der Waals surface area contributed by atoms with Crippen molar-refractivity contribution in [1.82, 2.24) is 0 Å². The van der Waals surface area contributed by atoms with Gasteiger partial charge in [-0.25, -0.2) is 0 Å². The van der Waals surface area contributed by atoms with Crippen molar-refractivity contribution in [2.24, 2.45) is 5.41 Å². The van der Waals surface area contributed by atoms with Crippen LogP contribution in [0.4, 0.5) is 0 Å². The van der Waals surface area contributed by atoms with E-state index < -0.39 is 0 Å². The minimum Gasteiger partial charge on any atom is -0.0654 e. The Labute approximate surface area is 238 Å². The van der Waals surface area contributed by atoms with E-state index in [0.29, 0.717) is 5.41 Å². The van der Waals surface area contributed by atoms with E-state index in [0.717, 1.165) is 0 Å². The molecule has 0 heterocycles. The second-order valence-electron chi connectivity index (χ2n) is 13.0. The molecule has 224 valence electrons. The van der Waals surface area contributed by atoms with Crippen molar-refractivity contribution in [3.05, 3.63) is 0 Å². The molecule has 0 amide bonds. The van der Waals surface area contributed by atoms with Crippen LogP contribution in [0.2, 0.25) is 0 Å². The number of unbranched alkanes of at least 4 members (excludes halogenated alkanes) is 24. The molecule has 0 fully saturated rings. The molecule has 37 heavy (non-hydrogen) atoms. The lowest BCUT2D eigenvalue weighted by Crippen LogP contribution is -2.21. The lowest BCUT2D eigenvalue weighted by Gasteiger charge is -2.35. The molecule has 0 unspecified atom stereocenters. The first kappa shape index (κ1) is 37.0. The Kier molecular flexibility index (Phi) is 30.5. The summed E-state index contributed by atoms with van der Waals surface area (Å²) in [5.74, 6) is 0. The summed E-state index contributed by atoms with van der Waals surface area (Å²) < 4.78 is 0. The summed E-state index contributed by atoms with van der Waals surface area (Å²) in [7, 11) is 0. The van der Waals surface area contributed by atoms with Gasteiger partial charge in [0.15, 0.2) is 0 Å². The first-order chi connectivity index (χ1) is 18.2. The molecule has 0 N–H and O–H groups in total. The van der Waals surface area contributed by atoms with Gasteiger partial charge in [0.25, 0.3) is 0 Å². The largest absolute Gasteiger partial charge is 0.0654 e. The highest BCUT2D eigenvalue weighted by molar-refractivity contribution is 4.80. The fraction of sp³-hybridized carbons (Fsp3) is 1.00. The predicted molar refractivity (Wildman–Crippen MR) is 173 cm³/mol. The molecule has 0 atom stereocenters. The molecule has 0 saturated carbocycles. The highest BCUT2D eigenvalue weighted by Gasteiger charge is 2.28. The van der Waals surface area contributed by atoms with Gasteiger partial charge in [0.05, 0.1) is 0 Å².